The van der Waals surface area contributed by atoms with Crippen LogP contribution in [0.3, 0.4) is 0 Å². The highest BCUT2D eigenvalue weighted by Crippen LogP contribution is 2.34. The summed E-state index contributed by atoms with van der Waals surface area (Å²) >= 11 is 0. The highest BCUT2D eigenvalue weighted by Gasteiger charge is 2.53. The van der Waals surface area contributed by atoms with Crippen LogP contribution in [0.2, 0.25) is 0 Å². The van der Waals surface area contributed by atoms with Crippen molar-refractivity contribution in [1.29, 1.82) is 0 Å². The highest BCUT2D eigenvalue weighted by atomic mass is 16.7. The number of carbonyl (C=O) groups is 2. The minimum absolute atomic E-state index is 0.442. The first kappa shape index (κ1) is 12.8. The molecule has 0 N–H and O–H groups in total. The zero-order valence-corrected chi connectivity index (χ0v) is 11.5. The van der Waals surface area contributed by atoms with Crippen LogP contribution in [0.5, 0.6) is 0 Å². The van der Waals surface area contributed by atoms with Crippen molar-refractivity contribution in [3.63, 3.8) is 0 Å². The van der Waals surface area contributed by atoms with Crippen LogP contribution in [0.25, 0.3) is 0 Å². The summed E-state index contributed by atoms with van der Waals surface area (Å²) in [4.78, 5) is 28.1. The van der Waals surface area contributed by atoms with Gasteiger partial charge in [0.25, 0.3) is 0 Å². The number of ether oxygens (including phenoxy) is 1. The molecule has 0 radical (unpaired) electrons. The normalized spacial score (nSPS) is 27.6. The Morgan fingerprint density at radius 1 is 1.20 bits per heavy atom. The Morgan fingerprint density at radius 3 is 2.45 bits per heavy atom. The van der Waals surface area contributed by atoms with E-state index in [-0.39, 0.29) is 0 Å². The number of hydrogen-bond donors (Lipinski definition) is 0. The first-order valence-electron chi connectivity index (χ1n) is 6.50. The number of fused-ring (bicyclic) bond motifs is 1. The van der Waals surface area contributed by atoms with Gasteiger partial charge in [-0.25, -0.2) is 0 Å². The van der Waals surface area contributed by atoms with Crippen molar-refractivity contribution in [2.24, 2.45) is 11.1 Å². The van der Waals surface area contributed by atoms with Crippen LogP contribution in [-0.2, 0) is 19.2 Å². The van der Waals surface area contributed by atoms with Crippen molar-refractivity contribution in [3.8, 4) is 0 Å². The van der Waals surface area contributed by atoms with Crippen LogP contribution in [0.1, 0.15) is 22.3 Å². The summed E-state index contributed by atoms with van der Waals surface area (Å²) in [6.07, 6.45) is -0.898. The maximum atomic E-state index is 12.0. The molecule has 0 saturated carbocycles. The van der Waals surface area contributed by atoms with Crippen molar-refractivity contribution >= 4 is 18.0 Å². The quantitative estimate of drug-likeness (QED) is 0.604. The number of aldehydes is 1. The third-order valence-electron chi connectivity index (χ3n) is 3.79. The van der Waals surface area contributed by atoms with E-state index in [0.29, 0.717) is 12.0 Å². The lowest BCUT2D eigenvalue weighted by molar-refractivity contribution is -0.146. The fraction of sp³-hybridized carbons (Fsp3) is 0.400. The van der Waals surface area contributed by atoms with Crippen LogP contribution < -0.4 is 0 Å². The number of esters is 1. The average Bonchev–Trinajstić information content (AvgIpc) is 2.91. The Hall–Kier alpha value is -2.17. The van der Waals surface area contributed by atoms with Gasteiger partial charge in [0.15, 0.2) is 18.5 Å². The number of aryl methyl sites for hydroxylation is 3. The molecule has 3 atom stereocenters. The van der Waals surface area contributed by atoms with Gasteiger partial charge < -0.3 is 9.57 Å². The lowest BCUT2D eigenvalue weighted by Crippen LogP contribution is -2.30. The molecule has 1 fully saturated rings. The molecular formula is C15H15NO4. The van der Waals surface area contributed by atoms with Crippen molar-refractivity contribution in [2.75, 3.05) is 0 Å². The van der Waals surface area contributed by atoms with Gasteiger partial charge in [-0.15, -0.1) is 0 Å². The minimum atomic E-state index is -0.861. The predicted octanol–water partition coefficient (Wildman–Crippen LogP) is 1.46. The summed E-state index contributed by atoms with van der Waals surface area (Å²) in [5, 5.41) is 4.05. The monoisotopic (exact) mass is 273 g/mol. The number of cyclic esters (lactones) is 1. The standard InChI is InChI=1S/C15H15NO4/c1-7-4-8(2)11(9(3)5-7)13-12-14(20-16-13)10(6-17)19-15(12)18/h4-6,10,12,14H,1-3H3/t10-,12-,14-/m1/s1. The van der Waals surface area contributed by atoms with Gasteiger partial charge in [0, 0.05) is 5.56 Å². The molecule has 5 heteroatoms. The topological polar surface area (TPSA) is 65.0 Å². The van der Waals surface area contributed by atoms with Crippen LogP contribution in [0, 0.1) is 26.7 Å². The van der Waals surface area contributed by atoms with Crippen molar-refractivity contribution in [1.82, 2.24) is 0 Å². The molecule has 20 heavy (non-hydrogen) atoms. The van der Waals surface area contributed by atoms with Crippen molar-refractivity contribution < 1.29 is 19.2 Å². The lowest BCUT2D eigenvalue weighted by atomic mass is 9.87. The van der Waals surface area contributed by atoms with E-state index in [0.717, 1.165) is 22.3 Å². The third-order valence-corrected chi connectivity index (χ3v) is 3.79. The molecule has 0 aromatic heterocycles. The molecule has 104 valence electrons. The summed E-state index contributed by atoms with van der Waals surface area (Å²) in [7, 11) is 0. The summed E-state index contributed by atoms with van der Waals surface area (Å²) < 4.78 is 5.02. The molecule has 3 rings (SSSR count). The molecule has 1 saturated heterocycles. The van der Waals surface area contributed by atoms with E-state index >= 15 is 0 Å². The van der Waals surface area contributed by atoms with Gasteiger partial charge in [-0.2, -0.15) is 0 Å². The maximum Gasteiger partial charge on any atom is 0.320 e. The fourth-order valence-corrected chi connectivity index (χ4v) is 3.05. The Kier molecular flexibility index (Phi) is 2.85. The number of oxime groups is 1. The van der Waals surface area contributed by atoms with E-state index in [9.17, 15) is 9.59 Å². The molecule has 2 aliphatic rings. The fourth-order valence-electron chi connectivity index (χ4n) is 3.05. The second-order valence-corrected chi connectivity index (χ2v) is 5.34. The molecule has 1 aromatic rings. The number of benzene rings is 1. The smallest absolute Gasteiger partial charge is 0.320 e. The number of rotatable bonds is 2. The van der Waals surface area contributed by atoms with E-state index in [4.69, 9.17) is 9.57 Å². The summed E-state index contributed by atoms with van der Waals surface area (Å²) in [6.45, 7) is 5.97. The maximum absolute atomic E-state index is 12.0. The summed E-state index contributed by atoms with van der Waals surface area (Å²) in [5.41, 5.74) is 4.70. The second kappa shape index (κ2) is 4.44. The van der Waals surface area contributed by atoms with Crippen LogP contribution in [-0.4, -0.2) is 30.2 Å². The largest absolute Gasteiger partial charge is 0.450 e. The van der Waals surface area contributed by atoms with E-state index in [1.165, 1.54) is 0 Å². The molecule has 0 amide bonds. The average molecular weight is 273 g/mol. The second-order valence-electron chi connectivity index (χ2n) is 5.34. The zero-order valence-electron chi connectivity index (χ0n) is 11.5. The van der Waals surface area contributed by atoms with Gasteiger partial charge in [-0.05, 0) is 31.9 Å². The van der Waals surface area contributed by atoms with Gasteiger partial charge in [-0.3, -0.25) is 9.59 Å². The minimum Gasteiger partial charge on any atom is -0.450 e. The molecule has 5 nitrogen and oxygen atoms in total. The molecular weight excluding hydrogens is 258 g/mol. The predicted molar refractivity (Wildman–Crippen MR) is 71.5 cm³/mol. The van der Waals surface area contributed by atoms with E-state index < -0.39 is 24.1 Å². The Labute approximate surface area is 116 Å². The molecule has 0 bridgehead atoms. The van der Waals surface area contributed by atoms with Crippen molar-refractivity contribution in [2.45, 2.75) is 33.0 Å². The van der Waals surface area contributed by atoms with Gasteiger partial charge in [0.1, 0.15) is 11.6 Å². The van der Waals surface area contributed by atoms with Gasteiger partial charge in [0.2, 0.25) is 0 Å². The Bertz CT molecular complexity index is 612. The van der Waals surface area contributed by atoms with Crippen LogP contribution in [0.15, 0.2) is 17.3 Å². The molecule has 0 unspecified atom stereocenters. The summed E-state index contributed by atoms with van der Waals surface area (Å²) in [6, 6.07) is 4.07. The van der Waals surface area contributed by atoms with Gasteiger partial charge in [-0.1, -0.05) is 22.9 Å². The van der Waals surface area contributed by atoms with Crippen LogP contribution in [0.4, 0.5) is 0 Å². The summed E-state index contributed by atoms with van der Waals surface area (Å²) in [5.74, 6) is -1.05. The van der Waals surface area contributed by atoms with Gasteiger partial charge in [0.05, 0.1) is 0 Å². The molecule has 0 aliphatic carbocycles. The SMILES string of the molecule is Cc1cc(C)c(C2=NO[C@H]3[C@@H]2C(=O)O[C@@H]3C=O)c(C)c1. The zero-order chi connectivity index (χ0) is 14.4. The highest BCUT2D eigenvalue weighted by molar-refractivity contribution is 6.15. The first-order valence-corrected chi connectivity index (χ1v) is 6.50. The number of carbonyl (C=O) groups excluding carboxylic acids is 2. The Balaban J connectivity index is 2.05. The third kappa shape index (κ3) is 1.73. The van der Waals surface area contributed by atoms with Gasteiger partial charge >= 0.3 is 5.97 Å². The number of hydrogen-bond acceptors (Lipinski definition) is 5. The molecule has 2 heterocycles. The molecule has 2 aliphatic heterocycles. The van der Waals surface area contributed by atoms with Crippen molar-refractivity contribution in [3.05, 3.63) is 34.4 Å². The first-order chi connectivity index (χ1) is 9.52. The lowest BCUT2D eigenvalue weighted by Gasteiger charge is -2.12. The van der Waals surface area contributed by atoms with E-state index in [1.807, 2.05) is 32.9 Å². The Morgan fingerprint density at radius 2 is 1.85 bits per heavy atom. The number of nitrogens with zero attached hydrogens (tertiary/aromatic N) is 1. The van der Waals surface area contributed by atoms with E-state index in [1.54, 1.807) is 0 Å². The van der Waals surface area contributed by atoms with Crippen LogP contribution >= 0.6 is 0 Å². The molecule has 1 aromatic carbocycles. The van der Waals surface area contributed by atoms with E-state index in [2.05, 4.69) is 5.16 Å². The molecule has 0 spiro atoms.